The van der Waals surface area contributed by atoms with Gasteiger partial charge >= 0.3 is 12.1 Å². The highest BCUT2D eigenvalue weighted by molar-refractivity contribution is 6.30. The largest absolute Gasteiger partial charge is 0.461 e. The Balaban J connectivity index is 1.60. The third-order valence-corrected chi connectivity index (χ3v) is 5.43. The lowest BCUT2D eigenvalue weighted by molar-refractivity contribution is -0.147. The molecule has 0 bridgehead atoms. The van der Waals surface area contributed by atoms with Crippen molar-refractivity contribution in [3.8, 4) is 11.5 Å². The van der Waals surface area contributed by atoms with Gasteiger partial charge in [-0.25, -0.2) is 4.39 Å². The van der Waals surface area contributed by atoms with Crippen LogP contribution in [0.1, 0.15) is 19.4 Å². The number of allylic oxidation sites excluding steroid dienone is 2. The fourth-order valence-electron chi connectivity index (χ4n) is 3.27. The quantitative estimate of drug-likeness (QED) is 0.372. The van der Waals surface area contributed by atoms with Crippen molar-refractivity contribution in [1.82, 2.24) is 0 Å². The summed E-state index contributed by atoms with van der Waals surface area (Å²) in [7, 11) is 0. The summed E-state index contributed by atoms with van der Waals surface area (Å²) in [5, 5.41) is -1.23. The Morgan fingerprint density at radius 1 is 1.13 bits per heavy atom. The van der Waals surface area contributed by atoms with Crippen LogP contribution in [0.15, 0.2) is 59.6 Å². The van der Waals surface area contributed by atoms with E-state index in [1.807, 2.05) is 0 Å². The first-order valence-corrected chi connectivity index (χ1v) is 9.50. The van der Waals surface area contributed by atoms with Gasteiger partial charge in [0.05, 0.1) is 5.92 Å². The number of hydrogen-bond donors (Lipinski definition) is 0. The van der Waals surface area contributed by atoms with Crippen molar-refractivity contribution in [3.05, 3.63) is 71.0 Å². The van der Waals surface area contributed by atoms with E-state index in [0.717, 1.165) is 6.08 Å². The molecule has 2 aromatic carbocycles. The monoisotopic (exact) mass is 442 g/mol. The third-order valence-electron chi connectivity index (χ3n) is 5.09. The van der Waals surface area contributed by atoms with Crippen LogP contribution in [0.2, 0.25) is 0 Å². The molecule has 0 amide bonds. The first-order valence-electron chi connectivity index (χ1n) is 9.12. The lowest BCUT2D eigenvalue weighted by Crippen LogP contribution is -2.11. The van der Waals surface area contributed by atoms with E-state index in [-0.39, 0.29) is 12.4 Å². The molecule has 2 aromatic rings. The number of ether oxygens (including phenoxy) is 2. The van der Waals surface area contributed by atoms with E-state index < -0.39 is 34.4 Å². The van der Waals surface area contributed by atoms with E-state index in [1.54, 1.807) is 38.1 Å². The Kier molecular flexibility index (Phi) is 6.13. The van der Waals surface area contributed by atoms with Crippen molar-refractivity contribution in [2.75, 3.05) is 0 Å². The summed E-state index contributed by atoms with van der Waals surface area (Å²) in [6.45, 7) is 3.32. The summed E-state index contributed by atoms with van der Waals surface area (Å²) in [5.74, 6) is -1.39. The molecule has 1 fully saturated rings. The van der Waals surface area contributed by atoms with Crippen LogP contribution >= 0.6 is 11.6 Å². The molecule has 0 spiro atoms. The molecule has 8 heteroatoms. The highest BCUT2D eigenvalue weighted by atomic mass is 35.5. The van der Waals surface area contributed by atoms with E-state index in [9.17, 15) is 22.4 Å². The Hall–Kier alpha value is -2.54. The summed E-state index contributed by atoms with van der Waals surface area (Å²) in [5.41, 5.74) is -0.0300. The molecule has 0 saturated heterocycles. The summed E-state index contributed by atoms with van der Waals surface area (Å²) < 4.78 is 61.9. The highest BCUT2D eigenvalue weighted by Crippen LogP contribution is 2.60. The average Bonchev–Trinajstić information content (AvgIpc) is 3.21. The standard InChI is InChI=1S/C22H19ClF4O3/c1-21(2)17(11-18(23)22(25,26)27)19(21)20(28)29-12-13-4-3-5-16(10-13)30-15-8-6-14(24)7-9-15/h3-11,17,19H,12H2,1-2H3/b18-11-/t17-,19-/m0/s1. The van der Waals surface area contributed by atoms with Crippen molar-refractivity contribution in [1.29, 1.82) is 0 Å². The maximum Gasteiger partial charge on any atom is 0.426 e. The van der Waals surface area contributed by atoms with Gasteiger partial charge in [-0.3, -0.25) is 4.79 Å². The number of alkyl halides is 3. The number of carbonyl (C=O) groups is 1. The normalized spacial score (nSPS) is 20.6. The van der Waals surface area contributed by atoms with Crippen LogP contribution in [-0.2, 0) is 16.1 Å². The number of benzene rings is 2. The van der Waals surface area contributed by atoms with Gasteiger partial charge in [-0.15, -0.1) is 0 Å². The lowest BCUT2D eigenvalue weighted by atomic mass is 10.1. The number of esters is 1. The second kappa shape index (κ2) is 8.30. The third kappa shape index (κ3) is 5.14. The number of carbonyl (C=O) groups excluding carboxylic acids is 1. The zero-order chi connectivity index (χ0) is 22.1. The zero-order valence-corrected chi connectivity index (χ0v) is 16.9. The summed E-state index contributed by atoms with van der Waals surface area (Å²) in [6.07, 6.45) is -3.76. The fraction of sp³-hybridized carbons (Fsp3) is 0.318. The molecule has 2 atom stereocenters. The minimum Gasteiger partial charge on any atom is -0.461 e. The van der Waals surface area contributed by atoms with E-state index in [1.165, 1.54) is 24.3 Å². The van der Waals surface area contributed by atoms with E-state index >= 15 is 0 Å². The number of rotatable bonds is 6. The van der Waals surface area contributed by atoms with Gasteiger partial charge in [0.2, 0.25) is 0 Å². The predicted octanol–water partition coefficient (Wildman–Crippen LogP) is 6.62. The number of hydrogen-bond acceptors (Lipinski definition) is 3. The molecule has 3 nitrogen and oxygen atoms in total. The molecule has 160 valence electrons. The Morgan fingerprint density at radius 3 is 2.43 bits per heavy atom. The second-order valence-corrected chi connectivity index (χ2v) is 8.06. The van der Waals surface area contributed by atoms with Gasteiger partial charge in [0, 0.05) is 0 Å². The zero-order valence-electron chi connectivity index (χ0n) is 16.2. The molecule has 0 N–H and O–H groups in total. The molecule has 30 heavy (non-hydrogen) atoms. The maximum absolute atomic E-state index is 13.0. The molecular formula is C22H19ClF4O3. The maximum atomic E-state index is 13.0. The molecule has 1 aliphatic carbocycles. The van der Waals surface area contributed by atoms with Crippen LogP contribution in [0.3, 0.4) is 0 Å². The van der Waals surface area contributed by atoms with E-state index in [2.05, 4.69) is 0 Å². The lowest BCUT2D eigenvalue weighted by Gasteiger charge is -2.09. The van der Waals surface area contributed by atoms with Crippen molar-refractivity contribution in [2.45, 2.75) is 26.6 Å². The van der Waals surface area contributed by atoms with Crippen LogP contribution in [0.5, 0.6) is 11.5 Å². The summed E-state index contributed by atoms with van der Waals surface area (Å²) in [4.78, 5) is 12.4. The van der Waals surface area contributed by atoms with Gasteiger partial charge in [0.25, 0.3) is 0 Å². The molecule has 0 aromatic heterocycles. The topological polar surface area (TPSA) is 35.5 Å². The van der Waals surface area contributed by atoms with Crippen LogP contribution in [-0.4, -0.2) is 12.1 Å². The van der Waals surface area contributed by atoms with E-state index in [4.69, 9.17) is 21.1 Å². The minimum atomic E-state index is -4.64. The molecule has 0 radical (unpaired) electrons. The Bertz CT molecular complexity index is 952. The van der Waals surface area contributed by atoms with E-state index in [0.29, 0.717) is 17.1 Å². The van der Waals surface area contributed by atoms with Crippen LogP contribution in [0.4, 0.5) is 17.6 Å². The molecule has 1 saturated carbocycles. The van der Waals surface area contributed by atoms with Crippen LogP contribution in [0, 0.1) is 23.1 Å². The fourth-order valence-corrected chi connectivity index (χ4v) is 3.41. The summed E-state index contributed by atoms with van der Waals surface area (Å²) >= 11 is 5.30. The highest BCUT2D eigenvalue weighted by Gasteiger charge is 2.62. The van der Waals surface area contributed by atoms with Gasteiger partial charge in [-0.2, -0.15) is 13.2 Å². The molecule has 3 rings (SSSR count). The molecule has 0 unspecified atom stereocenters. The van der Waals surface area contributed by atoms with Gasteiger partial charge in [-0.1, -0.05) is 43.7 Å². The summed E-state index contributed by atoms with van der Waals surface area (Å²) in [6, 6.07) is 12.3. The average molecular weight is 443 g/mol. The molecule has 1 aliphatic rings. The first kappa shape index (κ1) is 22.2. The SMILES string of the molecule is CC1(C)[C@H](C(=O)OCc2cccc(Oc3ccc(F)cc3)c2)[C@@H]1/C=C(\Cl)C(F)(F)F. The Morgan fingerprint density at radius 2 is 1.80 bits per heavy atom. The minimum absolute atomic E-state index is 0.0601. The van der Waals surface area contributed by atoms with Crippen molar-refractivity contribution < 1.29 is 31.8 Å². The van der Waals surface area contributed by atoms with Crippen molar-refractivity contribution in [2.24, 2.45) is 17.3 Å². The van der Waals surface area contributed by atoms with Gasteiger partial charge in [-0.05, 0) is 53.3 Å². The molecule has 0 aliphatic heterocycles. The number of halogens is 5. The van der Waals surface area contributed by atoms with Crippen molar-refractivity contribution in [3.63, 3.8) is 0 Å². The van der Waals surface area contributed by atoms with Crippen LogP contribution < -0.4 is 4.74 Å². The molecule has 0 heterocycles. The van der Waals surface area contributed by atoms with Gasteiger partial charge in [0.1, 0.15) is 29.0 Å². The first-order chi connectivity index (χ1) is 14.0. The second-order valence-electron chi connectivity index (χ2n) is 7.65. The van der Waals surface area contributed by atoms with Gasteiger partial charge in [0.15, 0.2) is 0 Å². The van der Waals surface area contributed by atoms with Gasteiger partial charge < -0.3 is 9.47 Å². The van der Waals surface area contributed by atoms with Crippen molar-refractivity contribution >= 4 is 17.6 Å². The molecular weight excluding hydrogens is 424 g/mol. The Labute approximate surface area is 176 Å². The van der Waals surface area contributed by atoms with Crippen LogP contribution in [0.25, 0.3) is 0 Å². The smallest absolute Gasteiger partial charge is 0.426 e. The predicted molar refractivity (Wildman–Crippen MR) is 103 cm³/mol.